The molecule has 5 heteroatoms. The Kier molecular flexibility index (Phi) is 3.08. The van der Waals surface area contributed by atoms with Crippen LogP contribution in [0.5, 0.6) is 0 Å². The van der Waals surface area contributed by atoms with Crippen LogP contribution in [0.15, 0.2) is 0 Å². The summed E-state index contributed by atoms with van der Waals surface area (Å²) >= 11 is 0. The van der Waals surface area contributed by atoms with E-state index in [-0.39, 0.29) is 0 Å². The number of halogens is 2. The number of alkyl halides is 2. The summed E-state index contributed by atoms with van der Waals surface area (Å²) in [4.78, 5) is 10.00. The molecule has 3 nitrogen and oxygen atoms in total. The van der Waals surface area contributed by atoms with Crippen molar-refractivity contribution in [3.8, 4) is 0 Å². The van der Waals surface area contributed by atoms with E-state index in [1.807, 2.05) is 0 Å². The molecule has 0 radical (unpaired) electrons. The molecule has 0 fully saturated rings. The van der Waals surface area contributed by atoms with Crippen molar-refractivity contribution >= 4 is 5.91 Å². The van der Waals surface area contributed by atoms with Gasteiger partial charge in [-0.3, -0.25) is 4.79 Å². The van der Waals surface area contributed by atoms with Gasteiger partial charge in [0, 0.05) is 0 Å². The number of carbonyl (C=O) groups excluding carboxylic acids is 1. The molecule has 0 aromatic heterocycles. The van der Waals surface area contributed by atoms with Gasteiger partial charge in [-0.1, -0.05) is 0 Å². The molecule has 0 saturated heterocycles. The van der Waals surface area contributed by atoms with Crippen molar-refractivity contribution in [2.24, 2.45) is 5.73 Å². The van der Waals surface area contributed by atoms with Crippen molar-refractivity contribution < 1.29 is 18.3 Å². The summed E-state index contributed by atoms with van der Waals surface area (Å²) < 4.78 is 26.1. The normalized spacial score (nSPS) is 13.8. The highest BCUT2D eigenvalue weighted by Crippen LogP contribution is 1.99. The summed E-state index contributed by atoms with van der Waals surface area (Å²) in [6.45, 7) is -1.78. The zero-order valence-corrected chi connectivity index (χ0v) is 4.80. The zero-order chi connectivity index (χ0) is 7.44. The number of hydrogen-bond donors (Lipinski definition) is 1. The average molecular weight is 139 g/mol. The van der Waals surface area contributed by atoms with Crippen molar-refractivity contribution in [2.45, 2.75) is 19.6 Å². The lowest BCUT2D eigenvalue weighted by atomic mass is 10.4. The lowest BCUT2D eigenvalue weighted by Crippen LogP contribution is -2.29. The fourth-order valence-electron chi connectivity index (χ4n) is 0.221. The molecule has 0 aromatic carbocycles. The highest BCUT2D eigenvalue weighted by molar-refractivity contribution is 5.78. The summed E-state index contributed by atoms with van der Waals surface area (Å²) in [5.74, 6) is -0.893. The second-order valence-electron chi connectivity index (χ2n) is 1.44. The van der Waals surface area contributed by atoms with E-state index in [0.717, 1.165) is 6.92 Å². The average Bonchev–Trinajstić information content (AvgIpc) is 1.63. The lowest BCUT2D eigenvalue weighted by molar-refractivity contribution is -0.169. The second-order valence-corrected chi connectivity index (χ2v) is 1.44. The number of ether oxygens (including phenoxy) is 1. The first-order chi connectivity index (χ1) is 4.04. The number of amides is 1. The van der Waals surface area contributed by atoms with Gasteiger partial charge < -0.3 is 10.5 Å². The molecular weight excluding hydrogens is 132 g/mol. The molecule has 0 aromatic rings. The van der Waals surface area contributed by atoms with Gasteiger partial charge in [-0.15, -0.1) is 0 Å². The third-order valence-corrected chi connectivity index (χ3v) is 0.708. The summed E-state index contributed by atoms with van der Waals surface area (Å²) in [5, 5.41) is 0. The second kappa shape index (κ2) is 3.34. The standard InChI is InChI=1S/C4H7F2NO2/c1-2(3(7)8)9-4(5)6/h2,4H,1H3,(H2,7,8). The Labute approximate surface area is 50.8 Å². The number of carbonyl (C=O) groups is 1. The quantitative estimate of drug-likeness (QED) is 0.602. The minimum atomic E-state index is -2.94. The van der Waals surface area contributed by atoms with Gasteiger partial charge >= 0.3 is 6.61 Å². The van der Waals surface area contributed by atoms with Gasteiger partial charge in [0.15, 0.2) is 0 Å². The van der Waals surface area contributed by atoms with E-state index in [4.69, 9.17) is 0 Å². The molecule has 0 heterocycles. The molecule has 1 atom stereocenters. The largest absolute Gasteiger partial charge is 0.367 e. The summed E-state index contributed by atoms with van der Waals surface area (Å²) in [5.41, 5.74) is 4.59. The monoisotopic (exact) mass is 139 g/mol. The van der Waals surface area contributed by atoms with Crippen LogP contribution in [0.1, 0.15) is 6.92 Å². The Morgan fingerprint density at radius 3 is 2.22 bits per heavy atom. The fraction of sp³-hybridized carbons (Fsp3) is 0.750. The molecule has 0 saturated carbocycles. The van der Waals surface area contributed by atoms with Gasteiger partial charge in [-0.25, -0.2) is 0 Å². The molecule has 54 valence electrons. The first-order valence-electron chi connectivity index (χ1n) is 2.27. The Hall–Kier alpha value is -0.710. The van der Waals surface area contributed by atoms with Crippen LogP contribution in [-0.4, -0.2) is 18.6 Å². The molecule has 0 aliphatic rings. The third-order valence-electron chi connectivity index (χ3n) is 0.708. The Morgan fingerprint density at radius 2 is 2.11 bits per heavy atom. The molecule has 0 spiro atoms. The van der Waals surface area contributed by atoms with Crippen LogP contribution >= 0.6 is 0 Å². The summed E-state index contributed by atoms with van der Waals surface area (Å²) in [7, 11) is 0. The topological polar surface area (TPSA) is 52.3 Å². The third kappa shape index (κ3) is 3.84. The zero-order valence-electron chi connectivity index (χ0n) is 4.80. The number of nitrogens with two attached hydrogens (primary N) is 1. The molecule has 0 rings (SSSR count). The first kappa shape index (κ1) is 8.29. The molecule has 0 bridgehead atoms. The minimum Gasteiger partial charge on any atom is -0.367 e. The van der Waals surface area contributed by atoms with E-state index in [0.29, 0.717) is 0 Å². The van der Waals surface area contributed by atoms with Crippen molar-refractivity contribution in [1.29, 1.82) is 0 Å². The first-order valence-corrected chi connectivity index (χ1v) is 2.27. The molecule has 2 N–H and O–H groups in total. The highest BCUT2D eigenvalue weighted by Gasteiger charge is 2.13. The molecule has 0 aliphatic carbocycles. The smallest absolute Gasteiger partial charge is 0.346 e. The predicted molar refractivity (Wildman–Crippen MR) is 25.7 cm³/mol. The van der Waals surface area contributed by atoms with Gasteiger partial charge in [-0.2, -0.15) is 8.78 Å². The van der Waals surface area contributed by atoms with E-state index in [9.17, 15) is 13.6 Å². The Bertz CT molecular complexity index is 107. The predicted octanol–water partition coefficient (Wildman–Crippen LogP) is 0.0994. The van der Waals surface area contributed by atoms with Crippen LogP contribution in [0.2, 0.25) is 0 Å². The van der Waals surface area contributed by atoms with E-state index < -0.39 is 18.6 Å². The highest BCUT2D eigenvalue weighted by atomic mass is 19.3. The van der Waals surface area contributed by atoms with Crippen molar-refractivity contribution in [3.63, 3.8) is 0 Å². The van der Waals surface area contributed by atoms with Crippen LogP contribution in [-0.2, 0) is 9.53 Å². The molecule has 1 amide bonds. The van der Waals surface area contributed by atoms with Crippen LogP contribution in [0, 0.1) is 0 Å². The van der Waals surface area contributed by atoms with Crippen molar-refractivity contribution in [3.05, 3.63) is 0 Å². The lowest BCUT2D eigenvalue weighted by Gasteiger charge is -2.05. The molecule has 9 heavy (non-hydrogen) atoms. The Balaban J connectivity index is 3.50. The van der Waals surface area contributed by atoms with E-state index in [1.54, 1.807) is 0 Å². The maximum Gasteiger partial charge on any atom is 0.346 e. The number of rotatable bonds is 3. The van der Waals surface area contributed by atoms with E-state index >= 15 is 0 Å². The summed E-state index contributed by atoms with van der Waals surface area (Å²) in [6.07, 6.45) is -1.22. The maximum atomic E-state index is 11.2. The van der Waals surface area contributed by atoms with Crippen LogP contribution in [0.25, 0.3) is 0 Å². The number of primary amides is 1. The summed E-state index contributed by atoms with van der Waals surface area (Å²) in [6, 6.07) is 0. The van der Waals surface area contributed by atoms with Gasteiger partial charge in [0.05, 0.1) is 0 Å². The van der Waals surface area contributed by atoms with Gasteiger partial charge in [0.1, 0.15) is 6.10 Å². The van der Waals surface area contributed by atoms with Crippen LogP contribution in [0.4, 0.5) is 8.78 Å². The van der Waals surface area contributed by atoms with Crippen molar-refractivity contribution in [1.82, 2.24) is 0 Å². The van der Waals surface area contributed by atoms with Crippen LogP contribution in [0.3, 0.4) is 0 Å². The Morgan fingerprint density at radius 1 is 1.67 bits per heavy atom. The fourth-order valence-corrected chi connectivity index (χ4v) is 0.221. The number of hydrogen-bond acceptors (Lipinski definition) is 2. The molecule has 1 unspecified atom stereocenters. The van der Waals surface area contributed by atoms with E-state index in [2.05, 4.69) is 10.5 Å². The van der Waals surface area contributed by atoms with Gasteiger partial charge in [-0.05, 0) is 6.92 Å². The van der Waals surface area contributed by atoms with Crippen LogP contribution < -0.4 is 5.73 Å². The van der Waals surface area contributed by atoms with Crippen molar-refractivity contribution in [2.75, 3.05) is 0 Å². The molecular formula is C4H7F2NO2. The van der Waals surface area contributed by atoms with Gasteiger partial charge in [0.25, 0.3) is 0 Å². The minimum absolute atomic E-state index is 0.893. The maximum absolute atomic E-state index is 11.2. The van der Waals surface area contributed by atoms with E-state index in [1.165, 1.54) is 0 Å². The van der Waals surface area contributed by atoms with Gasteiger partial charge in [0.2, 0.25) is 5.91 Å². The molecule has 0 aliphatic heterocycles. The SMILES string of the molecule is CC(OC(F)F)C(N)=O.